The molecule has 2 aromatic carbocycles. The number of sulfonamides is 1. The standard InChI is InChI=1S/C19H24N4O6S/c1-4-22(12-11-20-30(3,27)28)16-7-10-18(14(2)13-16)21-19(24)29-17-8-5-15(6-9-17)23(25)26/h5-10,13,20H,4,11-12H2,1-3H3,(H,21,24). The summed E-state index contributed by atoms with van der Waals surface area (Å²) in [7, 11) is -3.24. The molecule has 0 radical (unpaired) electrons. The normalized spacial score (nSPS) is 11.0. The number of rotatable bonds is 9. The fourth-order valence-corrected chi connectivity index (χ4v) is 3.16. The van der Waals surface area contributed by atoms with E-state index in [0.717, 1.165) is 17.5 Å². The van der Waals surface area contributed by atoms with Crippen LogP contribution in [0.15, 0.2) is 42.5 Å². The number of ether oxygens (including phenoxy) is 1. The highest BCUT2D eigenvalue weighted by Gasteiger charge is 2.12. The molecule has 2 aromatic rings. The minimum atomic E-state index is -3.24. The van der Waals surface area contributed by atoms with Crippen molar-refractivity contribution in [3.63, 3.8) is 0 Å². The smallest absolute Gasteiger partial charge is 0.410 e. The van der Waals surface area contributed by atoms with Gasteiger partial charge in [-0.2, -0.15) is 0 Å². The molecule has 0 aromatic heterocycles. The number of anilines is 2. The molecule has 0 unspecified atom stereocenters. The largest absolute Gasteiger partial charge is 0.417 e. The SMILES string of the molecule is CCN(CCNS(C)(=O)=O)c1ccc(NC(=O)Oc2ccc([N+](=O)[O-])cc2)c(C)c1. The number of benzene rings is 2. The summed E-state index contributed by atoms with van der Waals surface area (Å²) in [4.78, 5) is 24.3. The molecule has 0 saturated carbocycles. The summed E-state index contributed by atoms with van der Waals surface area (Å²) >= 11 is 0. The highest BCUT2D eigenvalue weighted by molar-refractivity contribution is 7.88. The lowest BCUT2D eigenvalue weighted by Gasteiger charge is -2.24. The zero-order chi connectivity index (χ0) is 22.3. The molecule has 0 fully saturated rings. The van der Waals surface area contributed by atoms with Gasteiger partial charge in [-0.15, -0.1) is 0 Å². The Morgan fingerprint density at radius 3 is 2.40 bits per heavy atom. The van der Waals surface area contributed by atoms with Crippen LogP contribution >= 0.6 is 0 Å². The first-order chi connectivity index (χ1) is 14.1. The van der Waals surface area contributed by atoms with E-state index in [-0.39, 0.29) is 18.0 Å². The number of aryl methyl sites for hydroxylation is 1. The van der Waals surface area contributed by atoms with E-state index in [1.807, 2.05) is 30.9 Å². The van der Waals surface area contributed by atoms with Gasteiger partial charge in [0.2, 0.25) is 10.0 Å². The van der Waals surface area contributed by atoms with Crippen LogP contribution in [0.5, 0.6) is 5.75 Å². The Morgan fingerprint density at radius 1 is 1.20 bits per heavy atom. The number of hydrogen-bond donors (Lipinski definition) is 2. The van der Waals surface area contributed by atoms with Gasteiger partial charge in [0.05, 0.1) is 11.2 Å². The van der Waals surface area contributed by atoms with E-state index in [4.69, 9.17) is 4.74 Å². The van der Waals surface area contributed by atoms with Crippen molar-refractivity contribution in [2.45, 2.75) is 13.8 Å². The molecule has 162 valence electrons. The van der Waals surface area contributed by atoms with Crippen LogP contribution in [0, 0.1) is 17.0 Å². The monoisotopic (exact) mass is 436 g/mol. The predicted octanol–water partition coefficient (Wildman–Crippen LogP) is 2.89. The van der Waals surface area contributed by atoms with Gasteiger partial charge in [0.15, 0.2) is 0 Å². The molecule has 0 aliphatic heterocycles. The van der Waals surface area contributed by atoms with Gasteiger partial charge in [0, 0.05) is 43.1 Å². The maximum Gasteiger partial charge on any atom is 0.417 e. The van der Waals surface area contributed by atoms with E-state index in [9.17, 15) is 23.3 Å². The summed E-state index contributed by atoms with van der Waals surface area (Å²) in [5, 5.41) is 13.3. The van der Waals surface area contributed by atoms with Crippen LogP contribution in [0.2, 0.25) is 0 Å². The number of nitro groups is 1. The average molecular weight is 436 g/mol. The first-order valence-corrected chi connectivity index (χ1v) is 11.0. The zero-order valence-electron chi connectivity index (χ0n) is 16.9. The second kappa shape index (κ2) is 10.0. The molecule has 1 amide bonds. The van der Waals surface area contributed by atoms with E-state index >= 15 is 0 Å². The molecule has 10 nitrogen and oxygen atoms in total. The van der Waals surface area contributed by atoms with Crippen molar-refractivity contribution in [1.29, 1.82) is 0 Å². The average Bonchev–Trinajstić information content (AvgIpc) is 2.66. The van der Waals surface area contributed by atoms with Crippen LogP contribution in [-0.2, 0) is 10.0 Å². The molecule has 0 aliphatic rings. The summed E-state index contributed by atoms with van der Waals surface area (Å²) in [5.74, 6) is 0.183. The van der Waals surface area contributed by atoms with Gasteiger partial charge in [0.1, 0.15) is 5.75 Å². The maximum atomic E-state index is 12.1. The van der Waals surface area contributed by atoms with Crippen molar-refractivity contribution in [1.82, 2.24) is 4.72 Å². The van der Waals surface area contributed by atoms with Gasteiger partial charge < -0.3 is 9.64 Å². The van der Waals surface area contributed by atoms with Gasteiger partial charge >= 0.3 is 6.09 Å². The van der Waals surface area contributed by atoms with Crippen molar-refractivity contribution >= 4 is 33.2 Å². The Morgan fingerprint density at radius 2 is 1.87 bits per heavy atom. The number of likely N-dealkylation sites (N-methyl/N-ethyl adjacent to an activating group) is 1. The molecule has 2 rings (SSSR count). The van der Waals surface area contributed by atoms with Gasteiger partial charge in [0.25, 0.3) is 5.69 Å². The van der Waals surface area contributed by atoms with Crippen LogP contribution in [0.4, 0.5) is 21.9 Å². The van der Waals surface area contributed by atoms with Gasteiger partial charge in [-0.3, -0.25) is 15.4 Å². The lowest BCUT2D eigenvalue weighted by molar-refractivity contribution is -0.384. The van der Waals surface area contributed by atoms with Gasteiger partial charge in [-0.1, -0.05) is 0 Å². The van der Waals surface area contributed by atoms with E-state index in [1.54, 1.807) is 6.07 Å². The van der Waals surface area contributed by atoms with E-state index in [2.05, 4.69) is 10.0 Å². The van der Waals surface area contributed by atoms with Crippen LogP contribution in [0.25, 0.3) is 0 Å². The predicted molar refractivity (Wildman–Crippen MR) is 115 cm³/mol. The summed E-state index contributed by atoms with van der Waals surface area (Å²) in [6.07, 6.45) is 0.397. The fourth-order valence-electron chi connectivity index (χ4n) is 2.70. The Hall–Kier alpha value is -3.18. The number of nitro benzene ring substituents is 1. The molecule has 0 heterocycles. The lowest BCUT2D eigenvalue weighted by atomic mass is 10.1. The number of amides is 1. The summed E-state index contributed by atoms with van der Waals surface area (Å²) in [6, 6.07) is 10.6. The first-order valence-electron chi connectivity index (χ1n) is 9.12. The van der Waals surface area contributed by atoms with Crippen molar-refractivity contribution in [3.05, 3.63) is 58.1 Å². The Balaban J connectivity index is 1.99. The van der Waals surface area contributed by atoms with E-state index in [1.165, 1.54) is 24.3 Å². The molecular formula is C19H24N4O6S. The van der Waals surface area contributed by atoms with E-state index in [0.29, 0.717) is 18.8 Å². The maximum absolute atomic E-state index is 12.1. The highest BCUT2D eigenvalue weighted by atomic mass is 32.2. The Kier molecular flexibility index (Phi) is 7.72. The molecule has 0 saturated heterocycles. The van der Waals surface area contributed by atoms with Crippen LogP contribution < -0.4 is 19.7 Å². The van der Waals surface area contributed by atoms with Gasteiger partial charge in [-0.05, 0) is 49.7 Å². The summed E-state index contributed by atoms with van der Waals surface area (Å²) in [6.45, 7) is 5.25. The van der Waals surface area contributed by atoms with Crippen LogP contribution in [0.3, 0.4) is 0 Å². The molecule has 30 heavy (non-hydrogen) atoms. The third kappa shape index (κ3) is 7.01. The second-order valence-electron chi connectivity index (χ2n) is 6.51. The van der Waals surface area contributed by atoms with Crippen molar-refractivity contribution < 1.29 is 22.9 Å². The first kappa shape index (κ1) is 23.1. The number of nitrogens with one attached hydrogen (secondary N) is 2. The topological polar surface area (TPSA) is 131 Å². The highest BCUT2D eigenvalue weighted by Crippen LogP contribution is 2.23. The van der Waals surface area contributed by atoms with Crippen LogP contribution in [0.1, 0.15) is 12.5 Å². The number of nitrogens with zero attached hydrogens (tertiary/aromatic N) is 2. The third-order valence-corrected chi connectivity index (χ3v) is 4.93. The van der Waals surface area contributed by atoms with Crippen molar-refractivity contribution in [2.75, 3.05) is 36.1 Å². The molecule has 0 atom stereocenters. The fraction of sp³-hybridized carbons (Fsp3) is 0.316. The Labute approximate surface area is 175 Å². The molecule has 0 spiro atoms. The third-order valence-electron chi connectivity index (χ3n) is 4.20. The zero-order valence-corrected chi connectivity index (χ0v) is 17.7. The lowest BCUT2D eigenvalue weighted by Crippen LogP contribution is -2.34. The second-order valence-corrected chi connectivity index (χ2v) is 8.34. The van der Waals surface area contributed by atoms with Crippen molar-refractivity contribution in [3.8, 4) is 5.75 Å². The minimum Gasteiger partial charge on any atom is -0.410 e. The number of carbonyl (C=O) groups excluding carboxylic acids is 1. The molecule has 11 heteroatoms. The van der Waals surface area contributed by atoms with Crippen LogP contribution in [-0.4, -0.2) is 45.3 Å². The quantitative estimate of drug-likeness (QED) is 0.456. The summed E-state index contributed by atoms with van der Waals surface area (Å²) < 4.78 is 30.0. The minimum absolute atomic E-state index is 0.0959. The number of hydrogen-bond acceptors (Lipinski definition) is 7. The number of carbonyl (C=O) groups is 1. The van der Waals surface area contributed by atoms with E-state index < -0.39 is 21.0 Å². The molecule has 2 N–H and O–H groups in total. The van der Waals surface area contributed by atoms with Crippen molar-refractivity contribution in [2.24, 2.45) is 0 Å². The molecule has 0 bridgehead atoms. The van der Waals surface area contributed by atoms with Gasteiger partial charge in [-0.25, -0.2) is 17.9 Å². The Bertz CT molecular complexity index is 1010. The molecule has 0 aliphatic carbocycles. The number of non-ortho nitro benzene ring substituents is 1. The molecular weight excluding hydrogens is 412 g/mol. The summed E-state index contributed by atoms with van der Waals surface area (Å²) in [5.41, 5.74) is 2.14.